The minimum absolute atomic E-state index is 0.00615. The molecule has 3 N–H and O–H groups in total. The average Bonchev–Trinajstić information content (AvgIpc) is 3.34. The molecule has 0 saturated heterocycles. The van der Waals surface area contributed by atoms with E-state index >= 15 is 0 Å². The molecular formula is C62H119NO5. The molecule has 68 heavy (non-hydrogen) atoms. The van der Waals surface area contributed by atoms with E-state index in [9.17, 15) is 19.8 Å². The predicted molar refractivity (Wildman–Crippen MR) is 296 cm³/mol. The summed E-state index contributed by atoms with van der Waals surface area (Å²) in [5.41, 5.74) is 0. The molecule has 1 amide bonds. The van der Waals surface area contributed by atoms with Gasteiger partial charge in [0.05, 0.1) is 25.4 Å². The third-order valence-electron chi connectivity index (χ3n) is 14.2. The van der Waals surface area contributed by atoms with Gasteiger partial charge in [-0.1, -0.05) is 289 Å². The van der Waals surface area contributed by atoms with E-state index < -0.39 is 12.1 Å². The van der Waals surface area contributed by atoms with E-state index in [0.29, 0.717) is 19.4 Å². The number of amides is 1. The third kappa shape index (κ3) is 53.7. The summed E-state index contributed by atoms with van der Waals surface area (Å²) in [5, 5.41) is 23.1. The van der Waals surface area contributed by atoms with Crippen LogP contribution in [0.5, 0.6) is 0 Å². The van der Waals surface area contributed by atoms with Gasteiger partial charge < -0.3 is 20.3 Å². The number of esters is 1. The number of allylic oxidation sites excluding steroid dienone is 3. The van der Waals surface area contributed by atoms with Crippen LogP contribution in [0.3, 0.4) is 0 Å². The summed E-state index contributed by atoms with van der Waals surface area (Å²) in [6, 6.07) is -0.626. The maximum absolute atomic E-state index is 12.4. The summed E-state index contributed by atoms with van der Waals surface area (Å²) in [5.74, 6) is -0.0606. The molecule has 0 aromatic heterocycles. The van der Waals surface area contributed by atoms with Crippen molar-refractivity contribution in [3.05, 3.63) is 24.3 Å². The Kier molecular flexibility index (Phi) is 56.5. The number of carbonyl (C=O) groups excluding carboxylic acids is 2. The molecule has 0 aromatic rings. The van der Waals surface area contributed by atoms with Crippen molar-refractivity contribution in [3.63, 3.8) is 0 Å². The van der Waals surface area contributed by atoms with Crippen LogP contribution in [-0.4, -0.2) is 47.4 Å². The van der Waals surface area contributed by atoms with Gasteiger partial charge >= 0.3 is 5.97 Å². The van der Waals surface area contributed by atoms with E-state index in [1.807, 2.05) is 6.08 Å². The number of unbranched alkanes of at least 4 members (excludes halogenated alkanes) is 44. The Morgan fingerprint density at radius 2 is 0.691 bits per heavy atom. The smallest absolute Gasteiger partial charge is 0.305 e. The highest BCUT2D eigenvalue weighted by Crippen LogP contribution is 2.17. The lowest BCUT2D eigenvalue weighted by Crippen LogP contribution is -2.45. The minimum atomic E-state index is -0.843. The van der Waals surface area contributed by atoms with Gasteiger partial charge in [0.25, 0.3) is 0 Å². The van der Waals surface area contributed by atoms with Gasteiger partial charge in [0, 0.05) is 12.8 Å². The first-order valence-corrected chi connectivity index (χ1v) is 30.6. The zero-order valence-corrected chi connectivity index (χ0v) is 45.9. The molecule has 0 spiro atoms. The highest BCUT2D eigenvalue weighted by molar-refractivity contribution is 5.76. The van der Waals surface area contributed by atoms with Crippen LogP contribution in [0.2, 0.25) is 0 Å². The van der Waals surface area contributed by atoms with Crippen LogP contribution in [0, 0.1) is 0 Å². The maximum Gasteiger partial charge on any atom is 0.305 e. The normalized spacial score (nSPS) is 12.7. The Labute approximate surface area is 424 Å². The summed E-state index contributed by atoms with van der Waals surface area (Å²) < 4.78 is 5.48. The van der Waals surface area contributed by atoms with Gasteiger partial charge in [0.2, 0.25) is 5.91 Å². The number of hydrogen-bond donors (Lipinski definition) is 3. The highest BCUT2D eigenvalue weighted by Gasteiger charge is 2.18. The molecule has 2 unspecified atom stereocenters. The Morgan fingerprint density at radius 1 is 0.397 bits per heavy atom. The number of carbonyl (C=O) groups is 2. The molecule has 0 saturated carbocycles. The molecule has 0 heterocycles. The van der Waals surface area contributed by atoms with Crippen LogP contribution in [0.4, 0.5) is 0 Å². The standard InChI is InChI=1S/C62H119NO5/c1-3-5-7-9-11-13-15-17-27-32-36-40-44-48-52-56-62(67)68-57-53-49-45-41-37-33-29-26-24-22-20-18-19-21-23-25-28-31-35-39-43-47-51-55-61(66)63-59(58-64)60(65)54-50-46-42-38-34-30-16-14-12-10-8-6-4-2/h17,27,50,54,59-60,64-65H,3-16,18-26,28-49,51-53,55-58H2,1-2H3,(H,63,66)/b27-17-,54-50+. The van der Waals surface area contributed by atoms with Crippen LogP contribution >= 0.6 is 0 Å². The number of hydrogen-bond acceptors (Lipinski definition) is 5. The summed E-state index contributed by atoms with van der Waals surface area (Å²) >= 11 is 0. The van der Waals surface area contributed by atoms with Gasteiger partial charge in [0.1, 0.15) is 0 Å². The fraction of sp³-hybridized carbons (Fsp3) is 0.903. The lowest BCUT2D eigenvalue weighted by Gasteiger charge is -2.20. The Bertz CT molecular complexity index is 1060. The van der Waals surface area contributed by atoms with Crippen LogP contribution < -0.4 is 5.32 Å². The summed E-state index contributed by atoms with van der Waals surface area (Å²) in [4.78, 5) is 24.5. The number of ether oxygens (including phenoxy) is 1. The van der Waals surface area contributed by atoms with E-state index in [2.05, 4.69) is 31.3 Å². The maximum atomic E-state index is 12.4. The zero-order chi connectivity index (χ0) is 49.3. The molecule has 6 heteroatoms. The lowest BCUT2D eigenvalue weighted by molar-refractivity contribution is -0.143. The van der Waals surface area contributed by atoms with Crippen molar-refractivity contribution in [1.82, 2.24) is 5.32 Å². The van der Waals surface area contributed by atoms with Crippen LogP contribution in [0.15, 0.2) is 24.3 Å². The van der Waals surface area contributed by atoms with Crippen molar-refractivity contribution in [2.24, 2.45) is 0 Å². The Morgan fingerprint density at radius 3 is 1.04 bits per heavy atom. The SMILES string of the molecule is CCCCCCCC/C=C\CCCCCCCC(=O)OCCCCCCCCCCCCCCCCCCCCCCCCCC(=O)NC(CO)C(O)/C=C/CCCCCCCCCCCCC. The van der Waals surface area contributed by atoms with Crippen LogP contribution in [0.1, 0.15) is 335 Å². The largest absolute Gasteiger partial charge is 0.466 e. The van der Waals surface area contributed by atoms with Crippen LogP contribution in [0.25, 0.3) is 0 Å². The quantitative estimate of drug-likeness (QED) is 0.0321. The number of rotatable bonds is 57. The monoisotopic (exact) mass is 958 g/mol. The molecule has 0 aliphatic rings. The van der Waals surface area contributed by atoms with Crippen molar-refractivity contribution in [3.8, 4) is 0 Å². The summed E-state index contributed by atoms with van der Waals surface area (Å²) in [6.45, 7) is 4.90. The topological polar surface area (TPSA) is 95.9 Å². The molecule has 0 fully saturated rings. The first kappa shape index (κ1) is 66.3. The minimum Gasteiger partial charge on any atom is -0.466 e. The molecular weight excluding hydrogens is 839 g/mol. The predicted octanol–water partition coefficient (Wildman–Crippen LogP) is 19.0. The molecule has 0 aliphatic carbocycles. The van der Waals surface area contributed by atoms with Gasteiger partial charge in [0.15, 0.2) is 0 Å². The fourth-order valence-corrected chi connectivity index (χ4v) is 9.51. The first-order chi connectivity index (χ1) is 33.5. The van der Waals surface area contributed by atoms with Crippen molar-refractivity contribution in [2.75, 3.05) is 13.2 Å². The molecule has 402 valence electrons. The van der Waals surface area contributed by atoms with Crippen LogP contribution in [-0.2, 0) is 14.3 Å². The number of aliphatic hydroxyl groups excluding tert-OH is 2. The van der Waals surface area contributed by atoms with E-state index in [1.165, 1.54) is 263 Å². The van der Waals surface area contributed by atoms with Crippen molar-refractivity contribution in [1.29, 1.82) is 0 Å². The van der Waals surface area contributed by atoms with E-state index in [-0.39, 0.29) is 18.5 Å². The second-order valence-corrected chi connectivity index (χ2v) is 21.0. The van der Waals surface area contributed by atoms with Crippen molar-refractivity contribution in [2.45, 2.75) is 347 Å². The number of nitrogens with one attached hydrogen (secondary N) is 1. The van der Waals surface area contributed by atoms with E-state index in [0.717, 1.165) is 44.9 Å². The highest BCUT2D eigenvalue weighted by atomic mass is 16.5. The van der Waals surface area contributed by atoms with Gasteiger partial charge in [-0.25, -0.2) is 0 Å². The Balaban J connectivity index is 3.38. The van der Waals surface area contributed by atoms with E-state index in [4.69, 9.17) is 4.74 Å². The summed E-state index contributed by atoms with van der Waals surface area (Å²) in [7, 11) is 0. The molecule has 0 aromatic carbocycles. The first-order valence-electron chi connectivity index (χ1n) is 30.6. The van der Waals surface area contributed by atoms with Gasteiger partial charge in [-0.3, -0.25) is 9.59 Å². The summed E-state index contributed by atoms with van der Waals surface area (Å²) in [6.07, 6.45) is 70.7. The average molecular weight is 959 g/mol. The number of aliphatic hydroxyl groups is 2. The second kappa shape index (κ2) is 57.9. The van der Waals surface area contributed by atoms with Crippen molar-refractivity contribution < 1.29 is 24.5 Å². The molecule has 0 aliphatic heterocycles. The van der Waals surface area contributed by atoms with E-state index in [1.54, 1.807) is 6.08 Å². The molecule has 0 bridgehead atoms. The van der Waals surface area contributed by atoms with Gasteiger partial charge in [-0.2, -0.15) is 0 Å². The molecule has 0 radical (unpaired) electrons. The molecule has 6 nitrogen and oxygen atoms in total. The third-order valence-corrected chi connectivity index (χ3v) is 14.2. The lowest BCUT2D eigenvalue weighted by atomic mass is 10.0. The zero-order valence-electron chi connectivity index (χ0n) is 45.9. The van der Waals surface area contributed by atoms with Gasteiger partial charge in [-0.05, 0) is 57.8 Å². The fourth-order valence-electron chi connectivity index (χ4n) is 9.51. The molecule has 0 rings (SSSR count). The second-order valence-electron chi connectivity index (χ2n) is 21.0. The molecule has 2 atom stereocenters. The Hall–Kier alpha value is -1.66. The van der Waals surface area contributed by atoms with Gasteiger partial charge in [-0.15, -0.1) is 0 Å². The van der Waals surface area contributed by atoms with Crippen molar-refractivity contribution >= 4 is 11.9 Å².